The first-order valence-electron chi connectivity index (χ1n) is 18.9. The number of carboxylic acids is 1. The molecule has 1 unspecified atom stereocenters. The van der Waals surface area contributed by atoms with E-state index in [0.29, 0.717) is 24.8 Å². The molecule has 1 aromatic carbocycles. The van der Waals surface area contributed by atoms with Gasteiger partial charge >= 0.3 is 5.97 Å². The molecule has 3 rings (SSSR count). The fraction of sp³-hybridized carbons (Fsp3) is 0.541. The second-order valence-corrected chi connectivity index (χ2v) is 14.2. The second kappa shape index (κ2) is 22.1. The zero-order valence-electron chi connectivity index (χ0n) is 32.5. The molecule has 19 nitrogen and oxygen atoms in total. The summed E-state index contributed by atoms with van der Waals surface area (Å²) in [7, 11) is 0. The summed E-state index contributed by atoms with van der Waals surface area (Å²) in [6.07, 6.45) is 1.65. The Kier molecular flexibility index (Phi) is 17.7. The highest BCUT2D eigenvalue weighted by atomic mass is 19.3. The summed E-state index contributed by atoms with van der Waals surface area (Å²) < 4.78 is 27.1. The molecule has 3 atom stereocenters. The fourth-order valence-corrected chi connectivity index (χ4v) is 6.07. The number of nitrogens with two attached hydrogens (primary N) is 3. The number of likely N-dealkylation sites (tertiary alicyclic amines) is 1. The van der Waals surface area contributed by atoms with Crippen LogP contribution in [-0.4, -0.2) is 119 Å². The summed E-state index contributed by atoms with van der Waals surface area (Å²) in [6.45, 7) is 2.48. The molecule has 0 saturated carbocycles. The van der Waals surface area contributed by atoms with Crippen molar-refractivity contribution in [3.63, 3.8) is 0 Å². The lowest BCUT2D eigenvalue weighted by Crippen LogP contribution is -2.57. The maximum atomic E-state index is 13.5. The van der Waals surface area contributed by atoms with E-state index in [-0.39, 0.29) is 67.9 Å². The summed E-state index contributed by atoms with van der Waals surface area (Å²) in [5, 5.41) is 22.7. The molecule has 1 saturated heterocycles. The van der Waals surface area contributed by atoms with E-state index in [0.717, 1.165) is 4.90 Å². The lowest BCUT2D eigenvalue weighted by Gasteiger charge is -2.26. The van der Waals surface area contributed by atoms with Crippen LogP contribution in [0.4, 0.5) is 14.5 Å². The van der Waals surface area contributed by atoms with Gasteiger partial charge in [0.1, 0.15) is 18.1 Å². The SMILES string of the molecule is CC(C)[C@H](NC(=O)[C@H](CCCN=C(N)N)NC(=O)CCC(=O)Nc1cccc2c(C(=O)NCC(=O)N3CCC(F)(F)C3)ccnc12)C(=O)NC(CCCCN)C(=O)O. The zero-order chi connectivity index (χ0) is 43.0. The Morgan fingerprint density at radius 2 is 1.64 bits per heavy atom. The van der Waals surface area contributed by atoms with Crippen LogP contribution in [0.5, 0.6) is 0 Å². The molecule has 21 heteroatoms. The maximum Gasteiger partial charge on any atom is 0.326 e. The molecule has 1 fully saturated rings. The number of aliphatic imine (C=N–C) groups is 1. The normalized spacial score (nSPS) is 14.8. The van der Waals surface area contributed by atoms with E-state index < -0.39 is 90.9 Å². The number of carboxylic acid groups (broad SMARTS) is 1. The third-order valence-corrected chi connectivity index (χ3v) is 9.20. The topological polar surface area (TPSA) is 306 Å². The first kappa shape index (κ1) is 46.4. The standard InChI is InChI=1S/C37H53F2N11O8/c1-21(2)30(34(56)48-26(35(57)58)8-3-4-15-40)49-33(55)25(10-6-16-44-36(41)42)47-28(52)12-11-27(51)46-24-9-5-7-22-23(13-17-43-31(22)24)32(54)45-19-29(53)50-18-14-37(38,39)20-50/h5,7,9,13,17,21,25-26,30H,3-4,6,8,10-12,14-16,18-20,40H2,1-2H3,(H,45,54)(H,46,51)(H,47,52)(H,48,56)(H,49,55)(H,57,58)(H4,41,42,44)/t25-,26?,30-/m0/s1. The highest BCUT2D eigenvalue weighted by Crippen LogP contribution is 2.27. The third kappa shape index (κ3) is 14.5. The Bertz CT molecular complexity index is 1840. The summed E-state index contributed by atoms with van der Waals surface area (Å²) in [6, 6.07) is 2.53. The summed E-state index contributed by atoms with van der Waals surface area (Å²) in [5.41, 5.74) is 16.9. The van der Waals surface area contributed by atoms with Crippen molar-refractivity contribution in [3.05, 3.63) is 36.0 Å². The van der Waals surface area contributed by atoms with E-state index in [1.54, 1.807) is 26.0 Å². The molecular weight excluding hydrogens is 764 g/mol. The molecule has 0 bridgehead atoms. The van der Waals surface area contributed by atoms with Crippen LogP contribution in [0, 0.1) is 5.92 Å². The number of halogens is 2. The van der Waals surface area contributed by atoms with Crippen LogP contribution in [0.25, 0.3) is 10.9 Å². The fourth-order valence-electron chi connectivity index (χ4n) is 6.07. The van der Waals surface area contributed by atoms with E-state index >= 15 is 0 Å². The molecule has 6 amide bonds. The van der Waals surface area contributed by atoms with Crippen molar-refractivity contribution in [2.45, 2.75) is 89.3 Å². The van der Waals surface area contributed by atoms with Gasteiger partial charge in [-0.3, -0.25) is 38.7 Å². The van der Waals surface area contributed by atoms with Gasteiger partial charge in [-0.25, -0.2) is 13.6 Å². The van der Waals surface area contributed by atoms with Gasteiger partial charge in [0.2, 0.25) is 29.5 Å². The second-order valence-electron chi connectivity index (χ2n) is 14.2. The number of amides is 6. The number of alkyl halides is 2. The molecule has 1 aliphatic rings. The Labute approximate surface area is 333 Å². The van der Waals surface area contributed by atoms with E-state index in [1.807, 2.05) is 0 Å². The quantitative estimate of drug-likeness (QED) is 0.0429. The highest BCUT2D eigenvalue weighted by Gasteiger charge is 2.40. The number of aliphatic carboxylic acids is 1. The van der Waals surface area contributed by atoms with Crippen LogP contribution < -0.4 is 43.8 Å². The number of unbranched alkanes of at least 4 members (excludes halogenated alkanes) is 1. The predicted octanol–water partition coefficient (Wildman–Crippen LogP) is -0.0715. The smallest absolute Gasteiger partial charge is 0.326 e. The van der Waals surface area contributed by atoms with Crippen molar-refractivity contribution < 1.29 is 47.4 Å². The largest absolute Gasteiger partial charge is 0.480 e. The Hall–Kier alpha value is -5.99. The summed E-state index contributed by atoms with van der Waals surface area (Å²) in [4.78, 5) is 99.2. The molecule has 2 heterocycles. The maximum absolute atomic E-state index is 13.5. The number of aromatic nitrogens is 1. The average Bonchev–Trinajstić information content (AvgIpc) is 3.54. The molecule has 2 aromatic rings. The van der Waals surface area contributed by atoms with Gasteiger partial charge in [-0.05, 0) is 56.7 Å². The number of fused-ring (bicyclic) bond motifs is 1. The molecule has 0 spiro atoms. The van der Waals surface area contributed by atoms with Crippen LogP contribution in [0.3, 0.4) is 0 Å². The van der Waals surface area contributed by atoms with Crippen LogP contribution in [0.1, 0.15) is 75.6 Å². The molecule has 12 N–H and O–H groups in total. The van der Waals surface area contributed by atoms with Crippen LogP contribution in [0.2, 0.25) is 0 Å². The van der Waals surface area contributed by atoms with Gasteiger partial charge in [-0.15, -0.1) is 0 Å². The molecule has 58 heavy (non-hydrogen) atoms. The van der Waals surface area contributed by atoms with Gasteiger partial charge < -0.3 is 53.8 Å². The zero-order valence-corrected chi connectivity index (χ0v) is 32.5. The molecular formula is C37H53F2N11O8. The van der Waals surface area contributed by atoms with Crippen molar-refractivity contribution in [2.75, 3.05) is 38.0 Å². The number of carbonyl (C=O) groups excluding carboxylic acids is 6. The lowest BCUT2D eigenvalue weighted by molar-refractivity contribution is -0.142. The number of hydrogen-bond donors (Lipinski definition) is 9. The number of nitrogens with zero attached hydrogens (tertiary/aromatic N) is 3. The lowest BCUT2D eigenvalue weighted by atomic mass is 10.0. The van der Waals surface area contributed by atoms with Gasteiger partial charge in [-0.2, -0.15) is 0 Å². The number of carbonyl (C=O) groups is 7. The monoisotopic (exact) mass is 817 g/mol. The Balaban J connectivity index is 1.64. The first-order valence-corrected chi connectivity index (χ1v) is 18.9. The predicted molar refractivity (Wildman–Crippen MR) is 209 cm³/mol. The number of guanidine groups is 1. The van der Waals surface area contributed by atoms with Gasteiger partial charge in [0.25, 0.3) is 11.8 Å². The number of nitrogens with one attached hydrogen (secondary N) is 5. The van der Waals surface area contributed by atoms with Crippen LogP contribution in [-0.2, 0) is 28.8 Å². The molecule has 318 valence electrons. The minimum atomic E-state index is -2.97. The average molecular weight is 818 g/mol. The van der Waals surface area contributed by atoms with Crippen LogP contribution >= 0.6 is 0 Å². The summed E-state index contributed by atoms with van der Waals surface area (Å²) in [5.74, 6) is -8.88. The third-order valence-electron chi connectivity index (χ3n) is 9.20. The van der Waals surface area contributed by atoms with Crippen LogP contribution in [0.15, 0.2) is 35.5 Å². The van der Waals surface area contributed by atoms with Crippen molar-refractivity contribution in [1.29, 1.82) is 0 Å². The molecule has 0 aliphatic carbocycles. The number of benzene rings is 1. The van der Waals surface area contributed by atoms with Gasteiger partial charge in [-0.1, -0.05) is 26.0 Å². The number of pyridine rings is 1. The number of para-hydroxylation sites is 1. The first-order chi connectivity index (χ1) is 27.4. The molecule has 1 aliphatic heterocycles. The van der Waals surface area contributed by atoms with Gasteiger partial charge in [0, 0.05) is 43.9 Å². The molecule has 1 aromatic heterocycles. The van der Waals surface area contributed by atoms with Crippen molar-refractivity contribution in [2.24, 2.45) is 28.1 Å². The van der Waals surface area contributed by atoms with Crippen molar-refractivity contribution >= 4 is 64.0 Å². The minimum absolute atomic E-state index is 0.0454. The van der Waals surface area contributed by atoms with Crippen molar-refractivity contribution in [3.8, 4) is 0 Å². The highest BCUT2D eigenvalue weighted by molar-refractivity contribution is 6.11. The summed E-state index contributed by atoms with van der Waals surface area (Å²) >= 11 is 0. The van der Waals surface area contributed by atoms with E-state index in [9.17, 15) is 47.4 Å². The number of hydrogen-bond acceptors (Lipinski definition) is 10. The van der Waals surface area contributed by atoms with Crippen molar-refractivity contribution in [1.82, 2.24) is 31.2 Å². The van der Waals surface area contributed by atoms with E-state index in [4.69, 9.17) is 17.2 Å². The number of rotatable bonds is 22. The van der Waals surface area contributed by atoms with Gasteiger partial charge in [0.15, 0.2) is 5.96 Å². The molecule has 0 radical (unpaired) electrons. The minimum Gasteiger partial charge on any atom is -0.480 e. The Morgan fingerprint density at radius 1 is 0.931 bits per heavy atom. The van der Waals surface area contributed by atoms with E-state index in [2.05, 4.69) is 36.6 Å². The van der Waals surface area contributed by atoms with E-state index in [1.165, 1.54) is 18.3 Å². The van der Waals surface area contributed by atoms with Gasteiger partial charge in [0.05, 0.1) is 29.9 Å². The number of anilines is 1. The Morgan fingerprint density at radius 3 is 2.28 bits per heavy atom.